The summed E-state index contributed by atoms with van der Waals surface area (Å²) in [5.74, 6) is -0.216. The van der Waals surface area contributed by atoms with Crippen LogP contribution in [-0.4, -0.2) is 28.0 Å². The lowest BCUT2D eigenvalue weighted by atomic mass is 10.1. The fourth-order valence-corrected chi connectivity index (χ4v) is 2.43. The molecule has 0 saturated heterocycles. The molecule has 2 heterocycles. The lowest BCUT2D eigenvalue weighted by Gasteiger charge is -2.07. The second-order valence-corrected chi connectivity index (χ2v) is 5.50. The Bertz CT molecular complexity index is 868. The molecule has 3 rings (SSSR count). The van der Waals surface area contributed by atoms with Gasteiger partial charge in [0.2, 0.25) is 5.91 Å². The Morgan fingerprint density at radius 1 is 1.08 bits per heavy atom. The highest BCUT2D eigenvalue weighted by Gasteiger charge is 2.06. The van der Waals surface area contributed by atoms with Crippen LogP contribution < -0.4 is 10.6 Å². The van der Waals surface area contributed by atoms with Gasteiger partial charge in [-0.05, 0) is 42.3 Å². The molecule has 0 aliphatic heterocycles. The van der Waals surface area contributed by atoms with Crippen molar-refractivity contribution in [2.45, 2.75) is 13.3 Å². The molecule has 0 fully saturated rings. The van der Waals surface area contributed by atoms with Crippen LogP contribution in [0.1, 0.15) is 22.8 Å². The number of hydrogen-bond donors (Lipinski definition) is 2. The van der Waals surface area contributed by atoms with E-state index in [0.717, 1.165) is 23.2 Å². The fourth-order valence-electron chi connectivity index (χ4n) is 2.43. The van der Waals surface area contributed by atoms with Crippen LogP contribution in [0.3, 0.4) is 0 Å². The highest BCUT2D eigenvalue weighted by Crippen LogP contribution is 2.10. The molecule has 122 valence electrons. The van der Waals surface area contributed by atoms with E-state index in [0.29, 0.717) is 12.1 Å². The third kappa shape index (κ3) is 3.78. The van der Waals surface area contributed by atoms with Crippen molar-refractivity contribution in [3.63, 3.8) is 0 Å². The highest BCUT2D eigenvalue weighted by atomic mass is 16.2. The van der Waals surface area contributed by atoms with Gasteiger partial charge in [-0.1, -0.05) is 12.1 Å². The average molecular weight is 322 g/mol. The van der Waals surface area contributed by atoms with Crippen molar-refractivity contribution in [2.24, 2.45) is 0 Å². The Labute approximate surface area is 139 Å². The zero-order chi connectivity index (χ0) is 16.9. The number of rotatable bonds is 5. The molecule has 2 aromatic heterocycles. The van der Waals surface area contributed by atoms with Gasteiger partial charge in [-0.25, -0.2) is 4.52 Å². The Hall–Kier alpha value is -3.15. The first-order valence-electron chi connectivity index (χ1n) is 7.70. The summed E-state index contributed by atoms with van der Waals surface area (Å²) in [5.41, 5.74) is 3.38. The van der Waals surface area contributed by atoms with Crippen LogP contribution in [0.25, 0.3) is 5.52 Å². The number of benzene rings is 1. The van der Waals surface area contributed by atoms with Crippen molar-refractivity contribution in [1.29, 1.82) is 0 Å². The molecule has 1 aromatic carbocycles. The summed E-state index contributed by atoms with van der Waals surface area (Å²) in [6.45, 7) is 2.01. The Kier molecular flexibility index (Phi) is 4.56. The molecule has 6 nitrogen and oxygen atoms in total. The largest absolute Gasteiger partial charge is 0.352 e. The van der Waals surface area contributed by atoms with Crippen molar-refractivity contribution in [3.8, 4) is 0 Å². The first-order chi connectivity index (χ1) is 11.6. The minimum atomic E-state index is -0.123. The normalized spacial score (nSPS) is 10.5. The topological polar surface area (TPSA) is 75.5 Å². The van der Waals surface area contributed by atoms with E-state index < -0.39 is 0 Å². The van der Waals surface area contributed by atoms with Gasteiger partial charge in [-0.2, -0.15) is 5.10 Å². The van der Waals surface area contributed by atoms with Crippen LogP contribution >= 0.6 is 0 Å². The van der Waals surface area contributed by atoms with Crippen molar-refractivity contribution in [2.75, 3.05) is 11.9 Å². The van der Waals surface area contributed by atoms with Crippen molar-refractivity contribution >= 4 is 23.0 Å². The summed E-state index contributed by atoms with van der Waals surface area (Å²) < 4.78 is 1.68. The van der Waals surface area contributed by atoms with Crippen LogP contribution in [0, 0.1) is 0 Å². The van der Waals surface area contributed by atoms with Gasteiger partial charge in [-0.3, -0.25) is 9.59 Å². The van der Waals surface area contributed by atoms with Gasteiger partial charge in [0, 0.05) is 31.5 Å². The predicted molar refractivity (Wildman–Crippen MR) is 92.0 cm³/mol. The maximum Gasteiger partial charge on any atom is 0.252 e. The third-order valence-electron chi connectivity index (χ3n) is 3.63. The van der Waals surface area contributed by atoms with Gasteiger partial charge in [0.25, 0.3) is 5.91 Å². The van der Waals surface area contributed by atoms with Gasteiger partial charge in [0.05, 0.1) is 11.1 Å². The van der Waals surface area contributed by atoms with Crippen LogP contribution in [-0.2, 0) is 11.2 Å². The average Bonchev–Trinajstić information content (AvgIpc) is 3.03. The maximum atomic E-state index is 12.2. The standard InChI is InChI=1S/C18H18N4O2/c1-13(23)21-16-5-2-14(3-6-16)8-10-19-18(24)15-4-7-17-9-11-20-22(17)12-15/h2-7,9,11-12H,8,10H2,1H3,(H,19,24)(H,21,23). The molecule has 0 spiro atoms. The number of nitrogens with zero attached hydrogens (tertiary/aromatic N) is 2. The van der Waals surface area contributed by atoms with Gasteiger partial charge >= 0.3 is 0 Å². The van der Waals surface area contributed by atoms with Crippen molar-refractivity contribution in [3.05, 3.63) is 66.0 Å². The first-order valence-corrected chi connectivity index (χ1v) is 7.70. The molecule has 2 amide bonds. The van der Waals surface area contributed by atoms with E-state index in [9.17, 15) is 9.59 Å². The molecule has 2 N–H and O–H groups in total. The van der Waals surface area contributed by atoms with Crippen LogP contribution in [0.2, 0.25) is 0 Å². The molecule has 0 aliphatic carbocycles. The van der Waals surface area contributed by atoms with E-state index in [2.05, 4.69) is 15.7 Å². The van der Waals surface area contributed by atoms with E-state index >= 15 is 0 Å². The summed E-state index contributed by atoms with van der Waals surface area (Å²) in [6.07, 6.45) is 4.13. The molecule has 0 saturated carbocycles. The number of carbonyl (C=O) groups excluding carboxylic acids is 2. The molecule has 0 atom stereocenters. The minimum absolute atomic E-state index is 0.0934. The Morgan fingerprint density at radius 2 is 1.88 bits per heavy atom. The van der Waals surface area contributed by atoms with Crippen LogP contribution in [0.15, 0.2) is 54.9 Å². The second-order valence-electron chi connectivity index (χ2n) is 5.50. The monoisotopic (exact) mass is 322 g/mol. The molecule has 0 radical (unpaired) electrons. The SMILES string of the molecule is CC(=O)Nc1ccc(CCNC(=O)c2ccc3ccnn3c2)cc1. The molecule has 0 unspecified atom stereocenters. The summed E-state index contributed by atoms with van der Waals surface area (Å²) >= 11 is 0. The smallest absolute Gasteiger partial charge is 0.252 e. The van der Waals surface area contributed by atoms with Crippen LogP contribution in [0.5, 0.6) is 0 Å². The number of aromatic nitrogens is 2. The first kappa shape index (κ1) is 15.7. The number of hydrogen-bond acceptors (Lipinski definition) is 3. The number of pyridine rings is 1. The molecule has 0 bridgehead atoms. The highest BCUT2D eigenvalue weighted by molar-refractivity contribution is 5.94. The summed E-state index contributed by atoms with van der Waals surface area (Å²) in [6, 6.07) is 13.1. The number of nitrogens with one attached hydrogen (secondary N) is 2. The third-order valence-corrected chi connectivity index (χ3v) is 3.63. The lowest BCUT2D eigenvalue weighted by molar-refractivity contribution is -0.114. The number of carbonyl (C=O) groups is 2. The molecular formula is C18H18N4O2. The molecule has 24 heavy (non-hydrogen) atoms. The maximum absolute atomic E-state index is 12.2. The zero-order valence-electron chi connectivity index (χ0n) is 13.3. The zero-order valence-corrected chi connectivity index (χ0v) is 13.3. The minimum Gasteiger partial charge on any atom is -0.352 e. The summed E-state index contributed by atoms with van der Waals surface area (Å²) in [7, 11) is 0. The summed E-state index contributed by atoms with van der Waals surface area (Å²) in [4.78, 5) is 23.2. The lowest BCUT2D eigenvalue weighted by Crippen LogP contribution is -2.26. The molecular weight excluding hydrogens is 304 g/mol. The Balaban J connectivity index is 1.53. The molecule has 6 heteroatoms. The van der Waals surface area contributed by atoms with Gasteiger partial charge < -0.3 is 10.6 Å². The van der Waals surface area contributed by atoms with Gasteiger partial charge in [0.1, 0.15) is 0 Å². The fraction of sp³-hybridized carbons (Fsp3) is 0.167. The predicted octanol–water partition coefficient (Wildman–Crippen LogP) is 2.27. The second kappa shape index (κ2) is 6.95. The Morgan fingerprint density at radius 3 is 2.62 bits per heavy atom. The molecule has 3 aromatic rings. The number of fused-ring (bicyclic) bond motifs is 1. The molecule has 0 aliphatic rings. The van der Waals surface area contributed by atoms with Gasteiger partial charge in [-0.15, -0.1) is 0 Å². The van der Waals surface area contributed by atoms with E-state index in [4.69, 9.17) is 0 Å². The van der Waals surface area contributed by atoms with E-state index in [1.165, 1.54) is 6.92 Å². The van der Waals surface area contributed by atoms with E-state index in [-0.39, 0.29) is 11.8 Å². The van der Waals surface area contributed by atoms with Crippen LogP contribution in [0.4, 0.5) is 5.69 Å². The quantitative estimate of drug-likeness (QED) is 0.756. The number of anilines is 1. The summed E-state index contributed by atoms with van der Waals surface area (Å²) in [5, 5.41) is 9.75. The van der Waals surface area contributed by atoms with Crippen molar-refractivity contribution in [1.82, 2.24) is 14.9 Å². The van der Waals surface area contributed by atoms with Gasteiger partial charge in [0.15, 0.2) is 0 Å². The number of amides is 2. The van der Waals surface area contributed by atoms with E-state index in [1.807, 2.05) is 36.4 Å². The van der Waals surface area contributed by atoms with E-state index in [1.54, 1.807) is 23.0 Å². The van der Waals surface area contributed by atoms with Crippen molar-refractivity contribution < 1.29 is 9.59 Å².